The number of ether oxygens (including phenoxy) is 1. The molecule has 28 heavy (non-hydrogen) atoms. The van der Waals surface area contributed by atoms with Crippen LogP contribution in [0.2, 0.25) is 0 Å². The van der Waals surface area contributed by atoms with E-state index < -0.39 is 5.66 Å². The van der Waals surface area contributed by atoms with E-state index in [1.165, 1.54) is 0 Å². The molecule has 0 saturated heterocycles. The van der Waals surface area contributed by atoms with Gasteiger partial charge in [0.25, 0.3) is 5.91 Å². The van der Waals surface area contributed by atoms with Crippen molar-refractivity contribution in [2.24, 2.45) is 0 Å². The third-order valence-corrected chi connectivity index (χ3v) is 5.23. The van der Waals surface area contributed by atoms with E-state index in [0.29, 0.717) is 18.7 Å². The van der Waals surface area contributed by atoms with Crippen LogP contribution in [0.3, 0.4) is 0 Å². The van der Waals surface area contributed by atoms with Gasteiger partial charge in [-0.15, -0.1) is 0 Å². The van der Waals surface area contributed by atoms with Gasteiger partial charge in [0.15, 0.2) is 0 Å². The maximum atomic E-state index is 13.4. The molecule has 1 amide bonds. The second kappa shape index (κ2) is 7.39. The first-order chi connectivity index (χ1) is 13.6. The molecule has 0 aromatic heterocycles. The lowest BCUT2D eigenvalue weighted by Gasteiger charge is -2.47. The number of carbonyl (C=O) groups is 1. The van der Waals surface area contributed by atoms with Gasteiger partial charge in [0.1, 0.15) is 11.4 Å². The molecule has 0 spiro atoms. The second-order valence-electron chi connectivity index (χ2n) is 7.08. The second-order valence-corrected chi connectivity index (χ2v) is 7.08. The highest BCUT2D eigenvalue weighted by molar-refractivity contribution is 6.02. The molecule has 4 nitrogen and oxygen atoms in total. The van der Waals surface area contributed by atoms with E-state index in [1.807, 2.05) is 90.7 Å². The van der Waals surface area contributed by atoms with E-state index in [4.69, 9.17) is 4.74 Å². The summed E-state index contributed by atoms with van der Waals surface area (Å²) in [4.78, 5) is 15.3. The molecule has 0 bridgehead atoms. The molecule has 0 aliphatic carbocycles. The molecule has 1 aliphatic rings. The molecule has 142 valence electrons. The highest BCUT2D eigenvalue weighted by Crippen LogP contribution is 2.39. The van der Waals surface area contributed by atoms with Crippen molar-refractivity contribution in [3.8, 4) is 5.75 Å². The average molecular weight is 372 g/mol. The number of fused-ring (bicyclic) bond motifs is 1. The van der Waals surface area contributed by atoms with Gasteiger partial charge in [-0.2, -0.15) is 0 Å². The minimum Gasteiger partial charge on any atom is -0.494 e. The smallest absolute Gasteiger partial charge is 0.258 e. The van der Waals surface area contributed by atoms with Gasteiger partial charge in [-0.05, 0) is 49.2 Å². The molecule has 0 fully saturated rings. The maximum absolute atomic E-state index is 13.4. The van der Waals surface area contributed by atoms with Crippen LogP contribution in [-0.4, -0.2) is 17.4 Å². The Morgan fingerprint density at radius 2 is 1.61 bits per heavy atom. The fraction of sp³-hybridized carbons (Fsp3) is 0.208. The van der Waals surface area contributed by atoms with Crippen LogP contribution in [0.4, 0.5) is 5.69 Å². The molecule has 4 rings (SSSR count). The third-order valence-electron chi connectivity index (χ3n) is 5.23. The van der Waals surface area contributed by atoms with Crippen molar-refractivity contribution in [3.63, 3.8) is 0 Å². The van der Waals surface area contributed by atoms with Crippen molar-refractivity contribution >= 4 is 11.6 Å². The molecule has 1 heterocycles. The van der Waals surface area contributed by atoms with Gasteiger partial charge in [0.05, 0.1) is 12.2 Å². The number of nitrogens with one attached hydrogen (secondary N) is 1. The predicted octanol–water partition coefficient (Wildman–Crippen LogP) is 5.03. The van der Waals surface area contributed by atoms with Gasteiger partial charge in [-0.3, -0.25) is 4.79 Å². The lowest BCUT2D eigenvalue weighted by Crippen LogP contribution is -2.55. The Kier molecular flexibility index (Phi) is 4.78. The highest BCUT2D eigenvalue weighted by Gasteiger charge is 2.42. The van der Waals surface area contributed by atoms with Gasteiger partial charge >= 0.3 is 0 Å². The van der Waals surface area contributed by atoms with Gasteiger partial charge in [-0.1, -0.05) is 54.6 Å². The van der Waals surface area contributed by atoms with E-state index in [-0.39, 0.29) is 5.91 Å². The van der Waals surface area contributed by atoms with Gasteiger partial charge < -0.3 is 15.0 Å². The number of amides is 1. The molecule has 1 unspecified atom stereocenters. The highest BCUT2D eigenvalue weighted by atomic mass is 16.5. The van der Waals surface area contributed by atoms with E-state index >= 15 is 0 Å². The zero-order valence-corrected chi connectivity index (χ0v) is 16.2. The molecule has 1 atom stereocenters. The number of nitrogens with zero attached hydrogens (tertiary/aromatic N) is 1. The fourth-order valence-corrected chi connectivity index (χ4v) is 3.72. The molecule has 0 radical (unpaired) electrons. The lowest BCUT2D eigenvalue weighted by atomic mass is 9.93. The van der Waals surface area contributed by atoms with Crippen LogP contribution in [0.1, 0.15) is 35.3 Å². The van der Waals surface area contributed by atoms with Crippen molar-refractivity contribution in [2.75, 3.05) is 11.9 Å². The van der Waals surface area contributed by atoms with Crippen LogP contribution in [-0.2, 0) is 12.2 Å². The summed E-state index contributed by atoms with van der Waals surface area (Å²) in [6, 6.07) is 25.7. The minimum atomic E-state index is -0.675. The van der Waals surface area contributed by atoms with Crippen LogP contribution >= 0.6 is 0 Å². The number of hydrogen-bond donors (Lipinski definition) is 1. The molecular weight excluding hydrogens is 348 g/mol. The molecule has 3 aromatic rings. The summed E-state index contributed by atoms with van der Waals surface area (Å²) in [6.45, 7) is 5.17. The third kappa shape index (κ3) is 3.22. The first kappa shape index (κ1) is 18.1. The summed E-state index contributed by atoms with van der Waals surface area (Å²) in [5.41, 5.74) is 2.98. The summed E-state index contributed by atoms with van der Waals surface area (Å²) >= 11 is 0. The minimum absolute atomic E-state index is 0.0228. The van der Waals surface area contributed by atoms with Gasteiger partial charge in [0.2, 0.25) is 0 Å². The van der Waals surface area contributed by atoms with E-state index in [2.05, 4.69) is 12.2 Å². The number of carbonyl (C=O) groups excluding carboxylic acids is 1. The maximum Gasteiger partial charge on any atom is 0.258 e. The van der Waals surface area contributed by atoms with Crippen molar-refractivity contribution in [1.29, 1.82) is 0 Å². The first-order valence-electron chi connectivity index (χ1n) is 9.58. The predicted molar refractivity (Wildman–Crippen MR) is 111 cm³/mol. The Labute approximate surface area is 165 Å². The van der Waals surface area contributed by atoms with Crippen molar-refractivity contribution in [1.82, 2.24) is 4.90 Å². The number of rotatable bonds is 5. The Morgan fingerprint density at radius 1 is 0.929 bits per heavy atom. The van der Waals surface area contributed by atoms with Crippen LogP contribution in [0.5, 0.6) is 5.75 Å². The van der Waals surface area contributed by atoms with Crippen LogP contribution < -0.4 is 10.1 Å². The Balaban J connectivity index is 1.78. The monoisotopic (exact) mass is 372 g/mol. The van der Waals surface area contributed by atoms with Crippen LogP contribution in [0, 0.1) is 0 Å². The van der Waals surface area contributed by atoms with E-state index in [0.717, 1.165) is 22.6 Å². The quantitative estimate of drug-likeness (QED) is 0.683. The molecular formula is C24H24N2O2. The number of para-hydroxylation sites is 1. The normalized spacial score (nSPS) is 18.4. The van der Waals surface area contributed by atoms with Crippen LogP contribution in [0.25, 0.3) is 0 Å². The van der Waals surface area contributed by atoms with E-state index in [1.54, 1.807) is 0 Å². The summed E-state index contributed by atoms with van der Waals surface area (Å²) < 4.78 is 5.58. The largest absolute Gasteiger partial charge is 0.494 e. The lowest BCUT2D eigenvalue weighted by molar-refractivity contribution is 0.0509. The number of hydrogen-bond acceptors (Lipinski definition) is 3. The van der Waals surface area contributed by atoms with Crippen molar-refractivity contribution < 1.29 is 9.53 Å². The van der Waals surface area contributed by atoms with Crippen molar-refractivity contribution in [3.05, 3.63) is 95.6 Å². The molecule has 3 aromatic carbocycles. The fourth-order valence-electron chi connectivity index (χ4n) is 3.72. The molecule has 1 aliphatic heterocycles. The Bertz CT molecular complexity index is 969. The molecule has 4 heteroatoms. The summed E-state index contributed by atoms with van der Waals surface area (Å²) in [7, 11) is 0. The van der Waals surface area contributed by atoms with Crippen LogP contribution in [0.15, 0.2) is 78.9 Å². The summed E-state index contributed by atoms with van der Waals surface area (Å²) in [6.07, 6.45) is 0. The number of anilines is 1. The van der Waals surface area contributed by atoms with Gasteiger partial charge in [-0.25, -0.2) is 0 Å². The summed E-state index contributed by atoms with van der Waals surface area (Å²) in [5, 5.41) is 3.61. The zero-order chi connectivity index (χ0) is 19.6. The van der Waals surface area contributed by atoms with Crippen molar-refractivity contribution in [2.45, 2.75) is 26.1 Å². The SMILES string of the molecule is CCOc1ccc(C2(C)Nc3ccccc3C(=O)N2Cc2ccccc2)cc1. The summed E-state index contributed by atoms with van der Waals surface area (Å²) in [5.74, 6) is 0.849. The average Bonchev–Trinajstić information content (AvgIpc) is 2.73. The first-order valence-corrected chi connectivity index (χ1v) is 9.58. The zero-order valence-electron chi connectivity index (χ0n) is 16.2. The topological polar surface area (TPSA) is 41.6 Å². The van der Waals surface area contributed by atoms with E-state index in [9.17, 15) is 4.79 Å². The Morgan fingerprint density at radius 3 is 2.32 bits per heavy atom. The Hall–Kier alpha value is -3.27. The molecule has 1 N–H and O–H groups in total. The standard InChI is InChI=1S/C24H24N2O2/c1-3-28-20-15-13-19(14-16-20)24(2)25-22-12-8-7-11-21(22)23(27)26(24)17-18-9-5-4-6-10-18/h4-16,25H,3,17H2,1-2H3. The molecule has 0 saturated carbocycles. The number of benzene rings is 3. The van der Waals surface area contributed by atoms with Gasteiger partial charge in [0, 0.05) is 12.2 Å².